The molecule has 1 N–H and O–H groups in total. The molecule has 2 rings (SSSR count). The average molecular weight is 234 g/mol. The van der Waals surface area contributed by atoms with Crippen LogP contribution in [0.3, 0.4) is 0 Å². The Hall–Kier alpha value is -2.09. The van der Waals surface area contributed by atoms with Crippen LogP contribution in [0.5, 0.6) is 5.75 Å². The molecule has 0 radical (unpaired) electrons. The first-order valence-electron chi connectivity index (χ1n) is 5.17. The van der Waals surface area contributed by atoms with Crippen LogP contribution in [0.1, 0.15) is 12.8 Å². The van der Waals surface area contributed by atoms with Crippen LogP contribution in [0, 0.1) is 22.6 Å². The lowest BCUT2D eigenvalue weighted by atomic mass is 10.1. The lowest BCUT2D eigenvalue weighted by Crippen LogP contribution is -2.23. The second-order valence-corrected chi connectivity index (χ2v) is 3.99. The van der Waals surface area contributed by atoms with E-state index in [9.17, 15) is 9.18 Å². The largest absolute Gasteiger partial charge is 0.495 e. The highest BCUT2D eigenvalue weighted by Crippen LogP contribution is 2.46. The molecule has 17 heavy (non-hydrogen) atoms. The molecule has 1 aliphatic carbocycles. The van der Waals surface area contributed by atoms with Gasteiger partial charge in [0, 0.05) is 6.07 Å². The lowest BCUT2D eigenvalue weighted by Gasteiger charge is -2.11. The van der Waals surface area contributed by atoms with E-state index in [0.717, 1.165) is 0 Å². The molecule has 4 nitrogen and oxygen atoms in total. The van der Waals surface area contributed by atoms with E-state index in [2.05, 4.69) is 5.32 Å². The van der Waals surface area contributed by atoms with Gasteiger partial charge in [-0.1, -0.05) is 0 Å². The van der Waals surface area contributed by atoms with Gasteiger partial charge in [-0.25, -0.2) is 4.39 Å². The summed E-state index contributed by atoms with van der Waals surface area (Å²) in [5, 5.41) is 11.4. The number of nitrogens with one attached hydrogen (secondary N) is 1. The van der Waals surface area contributed by atoms with E-state index in [4.69, 9.17) is 10.00 Å². The standard InChI is InChI=1S/C12H11FN2O2/c1-17-10-3-2-8(13)6-9(10)15-11(16)12(7-14)4-5-12/h2-3,6H,4-5H2,1H3,(H,15,16). The average Bonchev–Trinajstić information content (AvgIpc) is 3.10. The SMILES string of the molecule is COc1ccc(F)cc1NC(=O)C1(C#N)CC1. The van der Waals surface area contributed by atoms with Gasteiger partial charge in [0.1, 0.15) is 17.0 Å². The minimum Gasteiger partial charge on any atom is -0.495 e. The number of carbonyl (C=O) groups is 1. The highest BCUT2D eigenvalue weighted by Gasteiger charge is 2.50. The summed E-state index contributed by atoms with van der Waals surface area (Å²) in [6.07, 6.45) is 1.10. The summed E-state index contributed by atoms with van der Waals surface area (Å²) in [7, 11) is 1.43. The third-order valence-electron chi connectivity index (χ3n) is 2.81. The summed E-state index contributed by atoms with van der Waals surface area (Å²) in [6, 6.07) is 5.82. The Morgan fingerprint density at radius 3 is 2.82 bits per heavy atom. The molecule has 0 aromatic heterocycles. The number of halogens is 1. The minimum atomic E-state index is -0.933. The van der Waals surface area contributed by atoms with E-state index in [1.165, 1.54) is 25.3 Å². The van der Waals surface area contributed by atoms with Gasteiger partial charge in [0.25, 0.3) is 0 Å². The van der Waals surface area contributed by atoms with Crippen molar-refractivity contribution in [2.45, 2.75) is 12.8 Å². The van der Waals surface area contributed by atoms with Crippen LogP contribution >= 0.6 is 0 Å². The third kappa shape index (κ3) is 2.07. The zero-order chi connectivity index (χ0) is 12.5. The van der Waals surface area contributed by atoms with Gasteiger partial charge < -0.3 is 10.1 Å². The Balaban J connectivity index is 2.21. The third-order valence-corrected chi connectivity index (χ3v) is 2.81. The Morgan fingerprint density at radius 2 is 2.29 bits per heavy atom. The maximum absolute atomic E-state index is 13.1. The van der Waals surface area contributed by atoms with Crippen molar-refractivity contribution < 1.29 is 13.9 Å². The van der Waals surface area contributed by atoms with Gasteiger partial charge in [0.05, 0.1) is 18.9 Å². The highest BCUT2D eigenvalue weighted by atomic mass is 19.1. The molecule has 1 fully saturated rings. The summed E-state index contributed by atoms with van der Waals surface area (Å²) in [4.78, 5) is 11.8. The molecule has 5 heteroatoms. The second-order valence-electron chi connectivity index (χ2n) is 3.99. The van der Waals surface area contributed by atoms with Crippen LogP contribution < -0.4 is 10.1 Å². The monoisotopic (exact) mass is 234 g/mol. The molecule has 88 valence electrons. The fraction of sp³-hybridized carbons (Fsp3) is 0.333. The molecule has 0 bridgehead atoms. The molecule has 1 saturated carbocycles. The number of nitrogens with zero attached hydrogens (tertiary/aromatic N) is 1. The summed E-state index contributed by atoms with van der Waals surface area (Å²) in [6.45, 7) is 0. The maximum Gasteiger partial charge on any atom is 0.244 e. The van der Waals surface area contributed by atoms with Crippen molar-refractivity contribution in [1.82, 2.24) is 0 Å². The van der Waals surface area contributed by atoms with Gasteiger partial charge in [-0.3, -0.25) is 4.79 Å². The van der Waals surface area contributed by atoms with Crippen LogP contribution in [0.25, 0.3) is 0 Å². The fourth-order valence-electron chi connectivity index (χ4n) is 1.53. The number of methoxy groups -OCH3 is 1. The van der Waals surface area contributed by atoms with Gasteiger partial charge in [-0.15, -0.1) is 0 Å². The molecule has 1 amide bonds. The maximum atomic E-state index is 13.1. The predicted molar refractivity (Wildman–Crippen MR) is 58.9 cm³/mol. The van der Waals surface area contributed by atoms with Crippen molar-refractivity contribution in [1.29, 1.82) is 5.26 Å². The van der Waals surface area contributed by atoms with Crippen LogP contribution in [-0.2, 0) is 4.79 Å². The van der Waals surface area contributed by atoms with Crippen molar-refractivity contribution in [3.8, 4) is 11.8 Å². The van der Waals surface area contributed by atoms with Gasteiger partial charge in [-0.05, 0) is 25.0 Å². The Bertz CT molecular complexity index is 504. The first-order valence-corrected chi connectivity index (χ1v) is 5.17. The summed E-state index contributed by atoms with van der Waals surface area (Å²) >= 11 is 0. The minimum absolute atomic E-state index is 0.249. The van der Waals surface area contributed by atoms with Crippen molar-refractivity contribution in [3.05, 3.63) is 24.0 Å². The number of carbonyl (C=O) groups excluding carboxylic acids is 1. The molecule has 0 heterocycles. The van der Waals surface area contributed by atoms with Crippen LogP contribution in [0.15, 0.2) is 18.2 Å². The molecular weight excluding hydrogens is 223 g/mol. The van der Waals surface area contributed by atoms with E-state index < -0.39 is 17.1 Å². The molecule has 0 saturated heterocycles. The highest BCUT2D eigenvalue weighted by molar-refractivity contribution is 6.00. The van der Waals surface area contributed by atoms with Crippen molar-refractivity contribution in [2.24, 2.45) is 5.41 Å². The molecule has 0 spiro atoms. The number of hydrogen-bond acceptors (Lipinski definition) is 3. The first-order chi connectivity index (χ1) is 8.11. The molecule has 1 aliphatic rings. The van der Waals surface area contributed by atoms with E-state index in [1.54, 1.807) is 0 Å². The number of amides is 1. The van der Waals surface area contributed by atoms with Crippen LogP contribution in [0.4, 0.5) is 10.1 Å². The first kappa shape index (κ1) is 11.4. The van der Waals surface area contributed by atoms with Crippen molar-refractivity contribution in [3.63, 3.8) is 0 Å². The van der Waals surface area contributed by atoms with E-state index in [0.29, 0.717) is 18.6 Å². The molecule has 1 aromatic carbocycles. The molecule has 0 atom stereocenters. The lowest BCUT2D eigenvalue weighted by molar-refractivity contribution is -0.119. The smallest absolute Gasteiger partial charge is 0.244 e. The quantitative estimate of drug-likeness (QED) is 0.870. The topological polar surface area (TPSA) is 62.1 Å². The van der Waals surface area contributed by atoms with E-state index in [1.807, 2.05) is 6.07 Å². The predicted octanol–water partition coefficient (Wildman–Crippen LogP) is 2.08. The number of nitriles is 1. The van der Waals surface area contributed by atoms with Gasteiger partial charge >= 0.3 is 0 Å². The number of anilines is 1. The van der Waals surface area contributed by atoms with E-state index in [-0.39, 0.29) is 5.69 Å². The zero-order valence-electron chi connectivity index (χ0n) is 9.29. The van der Waals surface area contributed by atoms with E-state index >= 15 is 0 Å². The zero-order valence-corrected chi connectivity index (χ0v) is 9.29. The molecular formula is C12H11FN2O2. The van der Waals surface area contributed by atoms with Crippen LogP contribution in [-0.4, -0.2) is 13.0 Å². The molecule has 0 unspecified atom stereocenters. The molecule has 0 aliphatic heterocycles. The molecule has 1 aromatic rings. The van der Waals surface area contributed by atoms with Gasteiger partial charge in [0.2, 0.25) is 5.91 Å². The van der Waals surface area contributed by atoms with Gasteiger partial charge in [-0.2, -0.15) is 5.26 Å². The Labute approximate surface area is 98.0 Å². The summed E-state index contributed by atoms with van der Waals surface area (Å²) in [5.74, 6) is -0.500. The van der Waals surface area contributed by atoms with Crippen molar-refractivity contribution in [2.75, 3.05) is 12.4 Å². The van der Waals surface area contributed by atoms with Crippen LogP contribution in [0.2, 0.25) is 0 Å². The number of rotatable bonds is 3. The second kappa shape index (κ2) is 4.06. The fourth-order valence-corrected chi connectivity index (χ4v) is 1.53. The Kier molecular flexibility index (Phi) is 2.72. The summed E-state index contributed by atoms with van der Waals surface area (Å²) in [5.41, 5.74) is -0.684. The number of ether oxygens (including phenoxy) is 1. The van der Waals surface area contributed by atoms with Crippen molar-refractivity contribution >= 4 is 11.6 Å². The summed E-state index contributed by atoms with van der Waals surface area (Å²) < 4.78 is 18.1. The normalized spacial score (nSPS) is 15.8. The van der Waals surface area contributed by atoms with Gasteiger partial charge in [0.15, 0.2) is 0 Å². The number of hydrogen-bond donors (Lipinski definition) is 1. The Morgan fingerprint density at radius 1 is 1.59 bits per heavy atom. The number of benzene rings is 1.